The minimum atomic E-state index is -4.54. The van der Waals surface area contributed by atoms with Gasteiger partial charge < -0.3 is 0 Å². The Bertz CT molecular complexity index is 406. The van der Waals surface area contributed by atoms with Crippen LogP contribution < -0.4 is 0 Å². The molecule has 0 aliphatic heterocycles. The number of hydrogen-bond donors (Lipinski definition) is 0. The van der Waals surface area contributed by atoms with Crippen LogP contribution in [0.3, 0.4) is 0 Å². The van der Waals surface area contributed by atoms with Gasteiger partial charge in [0.05, 0.1) is 5.56 Å². The van der Waals surface area contributed by atoms with Crippen LogP contribution in [0.25, 0.3) is 0 Å². The largest absolute Gasteiger partial charge is 0.416 e. The minimum absolute atomic E-state index is 0.0443. The summed E-state index contributed by atoms with van der Waals surface area (Å²) in [5, 5.41) is 10.1. The van der Waals surface area contributed by atoms with E-state index in [0.29, 0.717) is 0 Å². The first-order valence-electron chi connectivity index (χ1n) is 4.28. The van der Waals surface area contributed by atoms with Gasteiger partial charge >= 0.3 is 6.18 Å². The van der Waals surface area contributed by atoms with Crippen molar-refractivity contribution < 1.29 is 18.1 Å². The SMILES string of the molecule is O=[N+]([O-])CCc1ccc(Cl)cc1C(F)(F)F. The highest BCUT2D eigenvalue weighted by Crippen LogP contribution is 2.33. The van der Waals surface area contributed by atoms with Gasteiger partial charge in [-0.25, -0.2) is 0 Å². The van der Waals surface area contributed by atoms with Crippen LogP contribution in [0, 0.1) is 10.1 Å². The number of hydrogen-bond acceptors (Lipinski definition) is 2. The van der Waals surface area contributed by atoms with Gasteiger partial charge in [-0.05, 0) is 17.7 Å². The molecule has 0 bridgehead atoms. The van der Waals surface area contributed by atoms with E-state index in [9.17, 15) is 23.3 Å². The maximum absolute atomic E-state index is 12.5. The Morgan fingerprint density at radius 3 is 2.50 bits per heavy atom. The Hall–Kier alpha value is -1.30. The molecule has 0 unspecified atom stereocenters. The number of nitro groups is 1. The van der Waals surface area contributed by atoms with Crippen LogP contribution in [-0.2, 0) is 12.6 Å². The van der Waals surface area contributed by atoms with Gasteiger partial charge in [0.25, 0.3) is 0 Å². The molecule has 0 heterocycles. The third-order valence-corrected chi connectivity index (χ3v) is 2.18. The van der Waals surface area contributed by atoms with Crippen LogP contribution in [0.5, 0.6) is 0 Å². The van der Waals surface area contributed by atoms with Gasteiger partial charge in [0, 0.05) is 16.4 Å². The highest BCUT2D eigenvalue weighted by molar-refractivity contribution is 6.30. The Labute approximate surface area is 94.0 Å². The average molecular weight is 254 g/mol. The molecule has 0 aliphatic rings. The molecule has 1 aromatic carbocycles. The molecule has 0 fully saturated rings. The number of alkyl halides is 3. The molecule has 0 aliphatic carbocycles. The lowest BCUT2D eigenvalue weighted by Gasteiger charge is -2.11. The summed E-state index contributed by atoms with van der Waals surface area (Å²) >= 11 is 5.45. The number of rotatable bonds is 3. The third-order valence-electron chi connectivity index (χ3n) is 1.94. The van der Waals surface area contributed by atoms with Crippen LogP contribution >= 0.6 is 11.6 Å². The molecule has 7 heteroatoms. The topological polar surface area (TPSA) is 43.1 Å². The predicted molar refractivity (Wildman–Crippen MR) is 52.0 cm³/mol. The molecule has 0 atom stereocenters. The summed E-state index contributed by atoms with van der Waals surface area (Å²) in [5.74, 6) is 0. The van der Waals surface area contributed by atoms with Crippen LogP contribution in [0.1, 0.15) is 11.1 Å². The van der Waals surface area contributed by atoms with E-state index in [1.54, 1.807) is 0 Å². The second-order valence-electron chi connectivity index (χ2n) is 3.11. The second kappa shape index (κ2) is 4.69. The van der Waals surface area contributed by atoms with Crippen LogP contribution in [0.4, 0.5) is 13.2 Å². The van der Waals surface area contributed by atoms with Gasteiger partial charge in [-0.2, -0.15) is 13.2 Å². The van der Waals surface area contributed by atoms with Gasteiger partial charge in [-0.15, -0.1) is 0 Å². The molecule has 88 valence electrons. The quantitative estimate of drug-likeness (QED) is 0.613. The van der Waals surface area contributed by atoms with Crippen molar-refractivity contribution in [1.29, 1.82) is 0 Å². The Morgan fingerprint density at radius 1 is 1.38 bits per heavy atom. The molecule has 0 saturated carbocycles. The van der Waals surface area contributed by atoms with E-state index in [1.807, 2.05) is 0 Å². The van der Waals surface area contributed by atoms with Gasteiger partial charge in [-0.3, -0.25) is 10.1 Å². The van der Waals surface area contributed by atoms with Crippen molar-refractivity contribution in [1.82, 2.24) is 0 Å². The minimum Gasteiger partial charge on any atom is -0.265 e. The third kappa shape index (κ3) is 3.37. The monoisotopic (exact) mass is 253 g/mol. The maximum atomic E-state index is 12.5. The molecule has 0 radical (unpaired) electrons. The van der Waals surface area contributed by atoms with Gasteiger partial charge in [0.15, 0.2) is 0 Å². The van der Waals surface area contributed by atoms with E-state index in [1.165, 1.54) is 6.07 Å². The van der Waals surface area contributed by atoms with Gasteiger partial charge in [0.2, 0.25) is 6.54 Å². The first-order chi connectivity index (χ1) is 7.30. The van der Waals surface area contributed by atoms with E-state index in [0.717, 1.165) is 12.1 Å². The molecule has 1 aromatic rings. The fourth-order valence-electron chi connectivity index (χ4n) is 1.24. The van der Waals surface area contributed by atoms with Crippen LogP contribution in [-0.4, -0.2) is 11.5 Å². The smallest absolute Gasteiger partial charge is 0.265 e. The zero-order valence-corrected chi connectivity index (χ0v) is 8.68. The Morgan fingerprint density at radius 2 is 2.00 bits per heavy atom. The van der Waals surface area contributed by atoms with Gasteiger partial charge in [-0.1, -0.05) is 17.7 Å². The van der Waals surface area contributed by atoms with Crippen molar-refractivity contribution in [3.05, 3.63) is 44.5 Å². The highest BCUT2D eigenvalue weighted by atomic mass is 35.5. The van der Waals surface area contributed by atoms with Crippen molar-refractivity contribution in [2.75, 3.05) is 6.54 Å². The summed E-state index contributed by atoms with van der Waals surface area (Å²) in [6.07, 6.45) is -4.81. The summed E-state index contributed by atoms with van der Waals surface area (Å²) in [7, 11) is 0. The zero-order valence-electron chi connectivity index (χ0n) is 7.92. The normalized spacial score (nSPS) is 11.5. The summed E-state index contributed by atoms with van der Waals surface area (Å²) in [4.78, 5) is 9.44. The van der Waals surface area contributed by atoms with Crippen molar-refractivity contribution in [3.63, 3.8) is 0 Å². The molecule has 3 nitrogen and oxygen atoms in total. The molecular weight excluding hydrogens is 247 g/mol. The summed E-state index contributed by atoms with van der Waals surface area (Å²) in [5.41, 5.74) is -1.03. The Balaban J connectivity index is 3.03. The summed E-state index contributed by atoms with van der Waals surface area (Å²) < 4.78 is 37.6. The molecule has 1 rings (SSSR count). The van der Waals surface area contributed by atoms with Crippen molar-refractivity contribution in [3.8, 4) is 0 Å². The maximum Gasteiger partial charge on any atom is 0.416 e. The molecule has 0 spiro atoms. The molecule has 16 heavy (non-hydrogen) atoms. The van der Waals surface area contributed by atoms with Gasteiger partial charge in [0.1, 0.15) is 0 Å². The standard InChI is InChI=1S/C9H7ClF3NO2/c10-7-2-1-6(3-4-14(15)16)8(5-7)9(11,12)13/h1-2,5H,3-4H2. The first-order valence-corrected chi connectivity index (χ1v) is 4.66. The van der Waals surface area contributed by atoms with Crippen LogP contribution in [0.2, 0.25) is 5.02 Å². The predicted octanol–water partition coefficient (Wildman–Crippen LogP) is 3.18. The molecule has 0 saturated heterocycles. The lowest BCUT2D eigenvalue weighted by molar-refractivity contribution is -0.479. The molecule has 0 amide bonds. The lowest BCUT2D eigenvalue weighted by Crippen LogP contribution is -2.12. The van der Waals surface area contributed by atoms with E-state index in [-0.39, 0.29) is 17.0 Å². The molecular formula is C9H7ClF3NO2. The fourth-order valence-corrected chi connectivity index (χ4v) is 1.41. The second-order valence-corrected chi connectivity index (χ2v) is 3.54. The first kappa shape index (κ1) is 12.8. The van der Waals surface area contributed by atoms with E-state index >= 15 is 0 Å². The summed E-state index contributed by atoms with van der Waals surface area (Å²) in [6, 6.07) is 3.22. The number of benzene rings is 1. The number of halogens is 4. The van der Waals surface area contributed by atoms with Crippen LogP contribution in [0.15, 0.2) is 18.2 Å². The lowest BCUT2D eigenvalue weighted by atomic mass is 10.0. The van der Waals surface area contributed by atoms with E-state index < -0.39 is 23.2 Å². The Kier molecular flexibility index (Phi) is 3.74. The number of nitrogens with zero attached hydrogens (tertiary/aromatic N) is 1. The van der Waals surface area contributed by atoms with E-state index in [4.69, 9.17) is 11.6 Å². The highest BCUT2D eigenvalue weighted by Gasteiger charge is 2.33. The van der Waals surface area contributed by atoms with E-state index in [2.05, 4.69) is 0 Å². The summed E-state index contributed by atoms with van der Waals surface area (Å²) in [6.45, 7) is -0.537. The molecule has 0 N–H and O–H groups in total. The zero-order chi connectivity index (χ0) is 12.3. The van der Waals surface area contributed by atoms with Crippen molar-refractivity contribution in [2.45, 2.75) is 12.6 Å². The molecule has 0 aromatic heterocycles. The van der Waals surface area contributed by atoms with Crippen molar-refractivity contribution in [2.24, 2.45) is 0 Å². The fraction of sp³-hybridized carbons (Fsp3) is 0.333. The average Bonchev–Trinajstić information content (AvgIpc) is 2.14. The van der Waals surface area contributed by atoms with Crippen molar-refractivity contribution >= 4 is 11.6 Å².